The van der Waals surface area contributed by atoms with E-state index in [1.54, 1.807) is 4.90 Å². The number of amides is 1. The van der Waals surface area contributed by atoms with Gasteiger partial charge in [0, 0.05) is 12.7 Å². The molecular weight excluding hydrogens is 234 g/mol. The normalized spacial score (nSPS) is 17.7. The molecule has 1 atom stereocenters. The molecule has 3 rings (SSSR count). The number of fused-ring (bicyclic) bond motifs is 1. The lowest BCUT2D eigenvalue weighted by molar-refractivity contribution is -0.119. The van der Waals surface area contributed by atoms with Gasteiger partial charge in [0.1, 0.15) is 0 Å². The number of carbonyl (C=O) groups excluding carboxylic acids is 1. The van der Waals surface area contributed by atoms with Crippen molar-refractivity contribution in [2.45, 2.75) is 19.3 Å². The molecule has 2 nitrogen and oxygen atoms in total. The molecule has 96 valence electrons. The van der Waals surface area contributed by atoms with Gasteiger partial charge in [0.2, 0.25) is 5.91 Å². The molecule has 0 fully saturated rings. The van der Waals surface area contributed by atoms with Crippen LogP contribution >= 0.6 is 0 Å². The molecule has 0 N–H and O–H groups in total. The van der Waals surface area contributed by atoms with Crippen LogP contribution in [-0.4, -0.2) is 13.0 Å². The van der Waals surface area contributed by atoms with Gasteiger partial charge in [-0.1, -0.05) is 42.5 Å². The molecular formula is C17H17NO. The molecule has 2 aromatic rings. The summed E-state index contributed by atoms with van der Waals surface area (Å²) in [6.07, 6.45) is 0.785. The molecule has 19 heavy (non-hydrogen) atoms. The lowest BCUT2D eigenvalue weighted by atomic mass is 9.91. The number of anilines is 1. The van der Waals surface area contributed by atoms with E-state index in [4.69, 9.17) is 0 Å². The van der Waals surface area contributed by atoms with Crippen LogP contribution in [0.3, 0.4) is 0 Å². The summed E-state index contributed by atoms with van der Waals surface area (Å²) in [5, 5.41) is 0. The maximum absolute atomic E-state index is 12.4. The molecule has 0 aromatic heterocycles. The highest BCUT2D eigenvalue weighted by Crippen LogP contribution is 2.38. The highest BCUT2D eigenvalue weighted by atomic mass is 16.2. The first-order valence-corrected chi connectivity index (χ1v) is 6.59. The number of benzene rings is 2. The fraction of sp³-hybridized carbons (Fsp3) is 0.235. The molecule has 2 aromatic carbocycles. The molecule has 1 amide bonds. The van der Waals surface area contributed by atoms with Gasteiger partial charge in [0.15, 0.2) is 0 Å². The predicted octanol–water partition coefficient (Wildman–Crippen LogP) is 3.30. The fourth-order valence-corrected chi connectivity index (χ4v) is 2.83. The molecule has 1 unspecified atom stereocenters. The highest BCUT2D eigenvalue weighted by Gasteiger charge is 2.34. The Morgan fingerprint density at radius 1 is 1.05 bits per heavy atom. The van der Waals surface area contributed by atoms with Crippen molar-refractivity contribution in [2.75, 3.05) is 11.9 Å². The largest absolute Gasteiger partial charge is 0.315 e. The second kappa shape index (κ2) is 4.54. The Kier molecular flexibility index (Phi) is 2.86. The zero-order valence-corrected chi connectivity index (χ0v) is 11.3. The fourth-order valence-electron chi connectivity index (χ4n) is 2.83. The van der Waals surface area contributed by atoms with E-state index in [2.05, 4.69) is 25.1 Å². The first-order valence-electron chi connectivity index (χ1n) is 6.59. The standard InChI is InChI=1S/C17H17NO/c1-12-7-3-4-8-13(12)11-15-14-9-5-6-10-16(14)18(2)17(15)19/h3-10,15H,11H2,1-2H3. The minimum Gasteiger partial charge on any atom is -0.315 e. The number of likely N-dealkylation sites (N-methyl/N-ethyl adjacent to an activating group) is 1. The average molecular weight is 251 g/mol. The van der Waals surface area contributed by atoms with Crippen molar-refractivity contribution >= 4 is 11.6 Å². The van der Waals surface area contributed by atoms with Gasteiger partial charge in [0.25, 0.3) is 0 Å². The Bertz CT molecular complexity index is 633. The van der Waals surface area contributed by atoms with Crippen LogP contribution in [0.15, 0.2) is 48.5 Å². The van der Waals surface area contributed by atoms with Gasteiger partial charge in [-0.25, -0.2) is 0 Å². The summed E-state index contributed by atoms with van der Waals surface area (Å²) >= 11 is 0. The SMILES string of the molecule is Cc1ccccc1CC1C(=O)N(C)c2ccccc21. The van der Waals surface area contributed by atoms with Gasteiger partial charge in [-0.15, -0.1) is 0 Å². The number of nitrogens with zero attached hydrogens (tertiary/aromatic N) is 1. The Balaban J connectivity index is 1.98. The van der Waals surface area contributed by atoms with Crippen LogP contribution in [0.4, 0.5) is 5.69 Å². The molecule has 0 bridgehead atoms. The van der Waals surface area contributed by atoms with Gasteiger partial charge < -0.3 is 4.90 Å². The lowest BCUT2D eigenvalue weighted by Crippen LogP contribution is -2.25. The van der Waals surface area contributed by atoms with Crippen LogP contribution in [0.1, 0.15) is 22.6 Å². The minimum atomic E-state index is -0.0395. The average Bonchev–Trinajstić information content (AvgIpc) is 2.67. The quantitative estimate of drug-likeness (QED) is 0.802. The predicted molar refractivity (Wildman–Crippen MR) is 77.5 cm³/mol. The van der Waals surface area contributed by atoms with Crippen LogP contribution in [0.2, 0.25) is 0 Å². The summed E-state index contributed by atoms with van der Waals surface area (Å²) in [5.41, 5.74) is 4.71. The minimum absolute atomic E-state index is 0.0395. The molecule has 0 saturated carbocycles. The molecule has 0 aliphatic carbocycles. The van der Waals surface area contributed by atoms with Crippen LogP contribution in [-0.2, 0) is 11.2 Å². The van der Waals surface area contributed by atoms with Crippen molar-refractivity contribution in [3.63, 3.8) is 0 Å². The number of para-hydroxylation sites is 1. The zero-order chi connectivity index (χ0) is 13.4. The van der Waals surface area contributed by atoms with Gasteiger partial charge in [-0.3, -0.25) is 4.79 Å². The third-order valence-corrected chi connectivity index (χ3v) is 3.99. The Labute approximate surface area is 113 Å². The molecule has 1 heterocycles. The van der Waals surface area contributed by atoms with Crippen LogP contribution < -0.4 is 4.90 Å². The monoisotopic (exact) mass is 251 g/mol. The molecule has 1 aliphatic rings. The van der Waals surface area contributed by atoms with Crippen molar-refractivity contribution in [2.24, 2.45) is 0 Å². The number of carbonyl (C=O) groups is 1. The van der Waals surface area contributed by atoms with E-state index in [0.717, 1.165) is 17.7 Å². The summed E-state index contributed by atoms with van der Waals surface area (Å²) < 4.78 is 0. The van der Waals surface area contributed by atoms with Gasteiger partial charge in [0.05, 0.1) is 5.92 Å². The van der Waals surface area contributed by atoms with E-state index < -0.39 is 0 Å². The second-order valence-corrected chi connectivity index (χ2v) is 5.14. The first-order chi connectivity index (χ1) is 9.18. The van der Waals surface area contributed by atoms with E-state index >= 15 is 0 Å². The Hall–Kier alpha value is -2.09. The van der Waals surface area contributed by atoms with Crippen LogP contribution in [0.5, 0.6) is 0 Å². The van der Waals surface area contributed by atoms with Crippen LogP contribution in [0.25, 0.3) is 0 Å². The van der Waals surface area contributed by atoms with Crippen molar-refractivity contribution in [3.8, 4) is 0 Å². The number of aryl methyl sites for hydroxylation is 1. The van der Waals surface area contributed by atoms with Gasteiger partial charge in [-0.05, 0) is 36.1 Å². The molecule has 0 radical (unpaired) electrons. The van der Waals surface area contributed by atoms with E-state index in [-0.39, 0.29) is 11.8 Å². The van der Waals surface area contributed by atoms with E-state index in [1.165, 1.54) is 11.1 Å². The zero-order valence-electron chi connectivity index (χ0n) is 11.3. The summed E-state index contributed by atoms with van der Waals surface area (Å²) in [7, 11) is 1.86. The number of hydrogen-bond acceptors (Lipinski definition) is 1. The van der Waals surface area contributed by atoms with E-state index in [9.17, 15) is 4.79 Å². The summed E-state index contributed by atoms with van der Waals surface area (Å²) in [5.74, 6) is 0.159. The maximum atomic E-state index is 12.4. The third-order valence-electron chi connectivity index (χ3n) is 3.99. The number of hydrogen-bond donors (Lipinski definition) is 0. The summed E-state index contributed by atoms with van der Waals surface area (Å²) in [6.45, 7) is 2.10. The van der Waals surface area contributed by atoms with Crippen molar-refractivity contribution in [1.82, 2.24) is 0 Å². The molecule has 0 spiro atoms. The van der Waals surface area contributed by atoms with E-state index in [1.807, 2.05) is 37.4 Å². The summed E-state index contributed by atoms with van der Waals surface area (Å²) in [6, 6.07) is 16.4. The molecule has 1 aliphatic heterocycles. The smallest absolute Gasteiger partial charge is 0.234 e. The van der Waals surface area contributed by atoms with Crippen LogP contribution in [0, 0.1) is 6.92 Å². The lowest BCUT2D eigenvalue weighted by Gasteiger charge is -2.12. The highest BCUT2D eigenvalue weighted by molar-refractivity contribution is 6.04. The first kappa shape index (κ1) is 12.0. The molecule has 2 heteroatoms. The van der Waals surface area contributed by atoms with Crippen molar-refractivity contribution in [1.29, 1.82) is 0 Å². The summed E-state index contributed by atoms with van der Waals surface area (Å²) in [4.78, 5) is 14.2. The molecule has 0 saturated heterocycles. The number of rotatable bonds is 2. The maximum Gasteiger partial charge on any atom is 0.234 e. The van der Waals surface area contributed by atoms with Crippen molar-refractivity contribution < 1.29 is 4.79 Å². The van der Waals surface area contributed by atoms with Gasteiger partial charge >= 0.3 is 0 Å². The Morgan fingerprint density at radius 2 is 1.74 bits per heavy atom. The topological polar surface area (TPSA) is 20.3 Å². The van der Waals surface area contributed by atoms with Crippen molar-refractivity contribution in [3.05, 3.63) is 65.2 Å². The Morgan fingerprint density at radius 3 is 2.53 bits per heavy atom. The van der Waals surface area contributed by atoms with Gasteiger partial charge in [-0.2, -0.15) is 0 Å². The third kappa shape index (κ3) is 1.93. The van der Waals surface area contributed by atoms with E-state index in [0.29, 0.717) is 0 Å². The second-order valence-electron chi connectivity index (χ2n) is 5.14.